The molecule has 1 aromatic rings. The van der Waals surface area contributed by atoms with Gasteiger partial charge in [-0.1, -0.05) is 0 Å². The van der Waals surface area contributed by atoms with Crippen molar-refractivity contribution in [2.45, 2.75) is 6.92 Å². The number of nitrogens with zero attached hydrogens (tertiary/aromatic N) is 2. The fourth-order valence-electron chi connectivity index (χ4n) is 1.66. The van der Waals surface area contributed by atoms with Crippen LogP contribution in [0.1, 0.15) is 6.92 Å². The Balaban J connectivity index is 1.94. The number of aromatic nitrogens is 1. The lowest BCUT2D eigenvalue weighted by Crippen LogP contribution is -2.40. The predicted octanol–water partition coefficient (Wildman–Crippen LogP) is 1.17. The maximum Gasteiger partial charge on any atom is 0.0694 e. The Morgan fingerprint density at radius 3 is 2.81 bits per heavy atom. The van der Waals surface area contributed by atoms with Crippen molar-refractivity contribution < 1.29 is 4.74 Å². The third-order valence-corrected chi connectivity index (χ3v) is 2.42. The van der Waals surface area contributed by atoms with Gasteiger partial charge < -0.3 is 15.5 Å². The standard InChI is InChI=1S/C11H18N4O/c1-2-13-10-7-11(9-12-8-10)14-15-3-5-16-6-4-15/h7-9,13-14H,2-6H2,1H3. The quantitative estimate of drug-likeness (QED) is 0.801. The number of anilines is 2. The van der Waals surface area contributed by atoms with Crippen LogP contribution in [0.5, 0.6) is 0 Å². The lowest BCUT2D eigenvalue weighted by molar-refractivity contribution is 0.0497. The molecular formula is C11H18N4O. The zero-order chi connectivity index (χ0) is 11.2. The lowest BCUT2D eigenvalue weighted by atomic mass is 10.3. The maximum absolute atomic E-state index is 5.29. The summed E-state index contributed by atoms with van der Waals surface area (Å²) in [5.41, 5.74) is 5.39. The molecule has 1 aliphatic rings. The van der Waals surface area contributed by atoms with Crippen molar-refractivity contribution in [1.82, 2.24) is 9.99 Å². The summed E-state index contributed by atoms with van der Waals surface area (Å²) < 4.78 is 5.29. The third-order valence-electron chi connectivity index (χ3n) is 2.42. The number of hydrazine groups is 1. The van der Waals surface area contributed by atoms with Gasteiger partial charge in [0.2, 0.25) is 0 Å². The van der Waals surface area contributed by atoms with Gasteiger partial charge in [-0.25, -0.2) is 5.01 Å². The first-order chi connectivity index (χ1) is 7.88. The Hall–Kier alpha value is -1.33. The third kappa shape index (κ3) is 3.08. The summed E-state index contributed by atoms with van der Waals surface area (Å²) in [5.74, 6) is 0. The maximum atomic E-state index is 5.29. The highest BCUT2D eigenvalue weighted by Gasteiger charge is 2.09. The molecule has 5 nitrogen and oxygen atoms in total. The minimum Gasteiger partial charge on any atom is -0.384 e. The van der Waals surface area contributed by atoms with Crippen LogP contribution in [0.25, 0.3) is 0 Å². The van der Waals surface area contributed by atoms with Gasteiger partial charge in [0.15, 0.2) is 0 Å². The summed E-state index contributed by atoms with van der Waals surface area (Å²) >= 11 is 0. The first-order valence-corrected chi connectivity index (χ1v) is 5.67. The molecule has 1 aromatic heterocycles. The number of hydrogen-bond donors (Lipinski definition) is 2. The molecule has 0 atom stereocenters. The molecule has 5 heteroatoms. The van der Waals surface area contributed by atoms with E-state index >= 15 is 0 Å². The fourth-order valence-corrected chi connectivity index (χ4v) is 1.66. The SMILES string of the molecule is CCNc1cncc(NN2CCOCC2)c1. The molecule has 16 heavy (non-hydrogen) atoms. The van der Waals surface area contributed by atoms with E-state index in [2.05, 4.69) is 33.7 Å². The largest absolute Gasteiger partial charge is 0.384 e. The number of ether oxygens (including phenoxy) is 1. The van der Waals surface area contributed by atoms with Crippen LogP contribution < -0.4 is 10.7 Å². The van der Waals surface area contributed by atoms with E-state index in [1.165, 1.54) is 0 Å². The van der Waals surface area contributed by atoms with Gasteiger partial charge in [-0.15, -0.1) is 0 Å². The molecule has 1 saturated heterocycles. The van der Waals surface area contributed by atoms with Gasteiger partial charge in [0, 0.05) is 19.6 Å². The number of morpholine rings is 1. The van der Waals surface area contributed by atoms with Crippen LogP contribution in [0.3, 0.4) is 0 Å². The van der Waals surface area contributed by atoms with E-state index in [1.54, 1.807) is 0 Å². The monoisotopic (exact) mass is 222 g/mol. The van der Waals surface area contributed by atoms with E-state index in [9.17, 15) is 0 Å². The van der Waals surface area contributed by atoms with Crippen molar-refractivity contribution in [3.05, 3.63) is 18.5 Å². The molecule has 2 N–H and O–H groups in total. The molecule has 2 heterocycles. The molecule has 2 rings (SSSR count). The highest BCUT2D eigenvalue weighted by molar-refractivity contribution is 5.53. The summed E-state index contributed by atoms with van der Waals surface area (Å²) in [7, 11) is 0. The summed E-state index contributed by atoms with van der Waals surface area (Å²) in [6.07, 6.45) is 3.66. The second-order valence-electron chi connectivity index (χ2n) is 3.70. The van der Waals surface area contributed by atoms with E-state index in [-0.39, 0.29) is 0 Å². The van der Waals surface area contributed by atoms with Gasteiger partial charge in [0.1, 0.15) is 0 Å². The Bertz CT molecular complexity index is 326. The van der Waals surface area contributed by atoms with E-state index in [0.29, 0.717) is 0 Å². The van der Waals surface area contributed by atoms with Crippen LogP contribution >= 0.6 is 0 Å². The van der Waals surface area contributed by atoms with Gasteiger partial charge >= 0.3 is 0 Å². The Morgan fingerprint density at radius 2 is 2.06 bits per heavy atom. The molecule has 0 spiro atoms. The van der Waals surface area contributed by atoms with E-state index in [1.807, 2.05) is 12.4 Å². The first kappa shape index (κ1) is 11.2. The first-order valence-electron chi connectivity index (χ1n) is 5.67. The number of nitrogens with one attached hydrogen (secondary N) is 2. The second kappa shape index (κ2) is 5.67. The molecule has 0 radical (unpaired) electrons. The molecule has 0 bridgehead atoms. The van der Waals surface area contributed by atoms with Crippen LogP contribution in [0, 0.1) is 0 Å². The van der Waals surface area contributed by atoms with Gasteiger partial charge in [0.05, 0.1) is 37.0 Å². The van der Waals surface area contributed by atoms with Crippen molar-refractivity contribution in [3.63, 3.8) is 0 Å². The lowest BCUT2D eigenvalue weighted by Gasteiger charge is -2.27. The van der Waals surface area contributed by atoms with Gasteiger partial charge in [-0.3, -0.25) is 4.98 Å². The molecule has 1 fully saturated rings. The highest BCUT2D eigenvalue weighted by atomic mass is 16.5. The zero-order valence-corrected chi connectivity index (χ0v) is 9.57. The van der Waals surface area contributed by atoms with Gasteiger partial charge in [-0.05, 0) is 13.0 Å². The number of rotatable bonds is 4. The molecule has 0 aliphatic carbocycles. The van der Waals surface area contributed by atoms with Crippen LogP contribution in [-0.2, 0) is 4.74 Å². The van der Waals surface area contributed by atoms with Crippen molar-refractivity contribution >= 4 is 11.4 Å². The van der Waals surface area contributed by atoms with E-state index in [0.717, 1.165) is 44.2 Å². The van der Waals surface area contributed by atoms with E-state index < -0.39 is 0 Å². The van der Waals surface area contributed by atoms with Crippen LogP contribution in [0.15, 0.2) is 18.5 Å². The molecule has 0 aromatic carbocycles. The molecule has 0 saturated carbocycles. The van der Waals surface area contributed by atoms with Crippen molar-refractivity contribution in [3.8, 4) is 0 Å². The number of pyridine rings is 1. The summed E-state index contributed by atoms with van der Waals surface area (Å²) in [6, 6.07) is 2.06. The topological polar surface area (TPSA) is 49.4 Å². The Morgan fingerprint density at radius 1 is 1.31 bits per heavy atom. The van der Waals surface area contributed by atoms with Crippen LogP contribution in [0.4, 0.5) is 11.4 Å². The average Bonchev–Trinajstić information content (AvgIpc) is 2.31. The molecular weight excluding hydrogens is 204 g/mol. The minimum atomic E-state index is 0.785. The highest BCUT2D eigenvalue weighted by Crippen LogP contribution is 2.13. The number of hydrogen-bond acceptors (Lipinski definition) is 5. The van der Waals surface area contributed by atoms with Gasteiger partial charge in [0.25, 0.3) is 0 Å². The molecule has 0 unspecified atom stereocenters. The molecule has 88 valence electrons. The van der Waals surface area contributed by atoms with Crippen molar-refractivity contribution in [1.29, 1.82) is 0 Å². The summed E-state index contributed by atoms with van der Waals surface area (Å²) in [4.78, 5) is 4.19. The second-order valence-corrected chi connectivity index (χ2v) is 3.70. The minimum absolute atomic E-state index is 0.785. The van der Waals surface area contributed by atoms with Gasteiger partial charge in [-0.2, -0.15) is 0 Å². The van der Waals surface area contributed by atoms with Crippen molar-refractivity contribution in [2.75, 3.05) is 43.6 Å². The fraction of sp³-hybridized carbons (Fsp3) is 0.545. The Kier molecular flexibility index (Phi) is 3.96. The average molecular weight is 222 g/mol. The van der Waals surface area contributed by atoms with E-state index in [4.69, 9.17) is 4.74 Å². The Labute approximate surface area is 95.8 Å². The molecule has 1 aliphatic heterocycles. The van der Waals surface area contributed by atoms with Crippen LogP contribution in [0.2, 0.25) is 0 Å². The summed E-state index contributed by atoms with van der Waals surface area (Å²) in [6.45, 7) is 6.36. The zero-order valence-electron chi connectivity index (χ0n) is 9.57. The predicted molar refractivity (Wildman–Crippen MR) is 64.4 cm³/mol. The molecule has 0 amide bonds. The smallest absolute Gasteiger partial charge is 0.0694 e. The van der Waals surface area contributed by atoms with Crippen LogP contribution in [-0.4, -0.2) is 42.8 Å². The summed E-state index contributed by atoms with van der Waals surface area (Å²) in [5, 5.41) is 5.39. The van der Waals surface area contributed by atoms with Crippen molar-refractivity contribution in [2.24, 2.45) is 0 Å². The normalized spacial score (nSPS) is 17.1.